The minimum absolute atomic E-state index is 0.0683. The van der Waals surface area contributed by atoms with Crippen LogP contribution < -0.4 is 10.2 Å². The molecule has 0 aliphatic carbocycles. The number of nitrogens with one attached hydrogen (secondary N) is 1. The zero-order valence-corrected chi connectivity index (χ0v) is 11.8. The summed E-state index contributed by atoms with van der Waals surface area (Å²) in [5.74, 6) is -1.44. The molecule has 114 valence electrons. The van der Waals surface area contributed by atoms with Gasteiger partial charge in [0.2, 0.25) is 0 Å². The van der Waals surface area contributed by atoms with Crippen molar-refractivity contribution < 1.29 is 19.5 Å². The van der Waals surface area contributed by atoms with Gasteiger partial charge in [-0.2, -0.15) is 0 Å². The Morgan fingerprint density at radius 1 is 1.09 bits per heavy atom. The van der Waals surface area contributed by atoms with Crippen LogP contribution in [0.1, 0.15) is 5.56 Å². The standard InChI is InChI=1S/C16H11N3O4/c20-12-5-3-10(4-6-12)8-13-14(21)18-16(23)19(15(13)22)11-2-1-7-17-9-11/h1-9,20H,(H,18,21,23)/b13-8+. The van der Waals surface area contributed by atoms with Gasteiger partial charge in [0.15, 0.2) is 0 Å². The summed E-state index contributed by atoms with van der Waals surface area (Å²) >= 11 is 0. The number of aromatic nitrogens is 1. The first-order valence-electron chi connectivity index (χ1n) is 6.67. The number of rotatable bonds is 2. The van der Waals surface area contributed by atoms with E-state index in [0.29, 0.717) is 5.56 Å². The first kappa shape index (κ1) is 14.5. The summed E-state index contributed by atoms with van der Waals surface area (Å²) in [7, 11) is 0. The fraction of sp³-hybridized carbons (Fsp3) is 0. The number of barbiturate groups is 1. The minimum Gasteiger partial charge on any atom is -0.508 e. The lowest BCUT2D eigenvalue weighted by atomic mass is 10.1. The molecule has 2 heterocycles. The Hall–Kier alpha value is -3.48. The molecule has 1 aliphatic rings. The second-order valence-electron chi connectivity index (χ2n) is 4.76. The number of phenolic OH excluding ortho intramolecular Hbond substituents is 1. The maximum absolute atomic E-state index is 12.5. The summed E-state index contributed by atoms with van der Waals surface area (Å²) in [6.45, 7) is 0. The lowest BCUT2D eigenvalue weighted by molar-refractivity contribution is -0.122. The molecule has 23 heavy (non-hydrogen) atoms. The van der Waals surface area contributed by atoms with Gasteiger partial charge in [0.1, 0.15) is 11.3 Å². The third kappa shape index (κ3) is 2.80. The Bertz CT molecular complexity index is 813. The Labute approximate surface area is 130 Å². The van der Waals surface area contributed by atoms with Crippen LogP contribution in [0.25, 0.3) is 6.08 Å². The number of anilines is 1. The van der Waals surface area contributed by atoms with Crippen molar-refractivity contribution in [3.05, 3.63) is 59.9 Å². The van der Waals surface area contributed by atoms with E-state index < -0.39 is 17.8 Å². The molecular weight excluding hydrogens is 298 g/mol. The zero-order valence-electron chi connectivity index (χ0n) is 11.8. The van der Waals surface area contributed by atoms with Crippen LogP contribution in [0.15, 0.2) is 54.4 Å². The highest BCUT2D eigenvalue weighted by atomic mass is 16.3. The summed E-state index contributed by atoms with van der Waals surface area (Å²) in [5.41, 5.74) is 0.625. The summed E-state index contributed by atoms with van der Waals surface area (Å²) in [4.78, 5) is 41.1. The van der Waals surface area contributed by atoms with Gasteiger partial charge >= 0.3 is 6.03 Å². The van der Waals surface area contributed by atoms with Crippen LogP contribution in [0.4, 0.5) is 10.5 Å². The van der Waals surface area contributed by atoms with E-state index in [1.165, 1.54) is 30.6 Å². The molecule has 1 aliphatic heterocycles. The number of hydrogen-bond acceptors (Lipinski definition) is 5. The van der Waals surface area contributed by atoms with Gasteiger partial charge < -0.3 is 5.11 Å². The average Bonchev–Trinajstić information content (AvgIpc) is 2.54. The van der Waals surface area contributed by atoms with Crippen molar-refractivity contribution in [3.63, 3.8) is 0 Å². The van der Waals surface area contributed by atoms with Crippen molar-refractivity contribution >= 4 is 29.6 Å². The molecule has 0 atom stereocenters. The summed E-state index contributed by atoms with van der Waals surface area (Å²) in [6.07, 6.45) is 4.21. The number of pyridine rings is 1. The van der Waals surface area contributed by atoms with E-state index >= 15 is 0 Å². The molecule has 2 aromatic rings. The van der Waals surface area contributed by atoms with Crippen molar-refractivity contribution in [1.82, 2.24) is 10.3 Å². The number of aromatic hydroxyl groups is 1. The third-order valence-corrected chi connectivity index (χ3v) is 3.21. The van der Waals surface area contributed by atoms with Crippen LogP contribution >= 0.6 is 0 Å². The molecule has 0 spiro atoms. The van der Waals surface area contributed by atoms with E-state index in [2.05, 4.69) is 10.3 Å². The molecule has 7 heteroatoms. The van der Waals surface area contributed by atoms with Gasteiger partial charge in [-0.3, -0.25) is 19.9 Å². The molecular formula is C16H11N3O4. The van der Waals surface area contributed by atoms with Crippen LogP contribution in [0, 0.1) is 0 Å². The largest absolute Gasteiger partial charge is 0.508 e. The fourth-order valence-corrected chi connectivity index (χ4v) is 2.12. The quantitative estimate of drug-likeness (QED) is 0.646. The van der Waals surface area contributed by atoms with Crippen molar-refractivity contribution in [3.8, 4) is 5.75 Å². The number of carbonyl (C=O) groups excluding carboxylic acids is 3. The minimum atomic E-state index is -0.823. The van der Waals surface area contributed by atoms with Gasteiger partial charge in [-0.1, -0.05) is 12.1 Å². The van der Waals surface area contributed by atoms with Crippen molar-refractivity contribution in [2.75, 3.05) is 4.90 Å². The lowest BCUT2D eigenvalue weighted by Crippen LogP contribution is -2.54. The molecule has 2 N–H and O–H groups in total. The van der Waals surface area contributed by atoms with Gasteiger partial charge in [-0.05, 0) is 35.9 Å². The van der Waals surface area contributed by atoms with Crippen molar-refractivity contribution in [2.45, 2.75) is 0 Å². The Morgan fingerprint density at radius 3 is 2.48 bits per heavy atom. The van der Waals surface area contributed by atoms with Gasteiger partial charge in [0.25, 0.3) is 11.8 Å². The van der Waals surface area contributed by atoms with Gasteiger partial charge in [0, 0.05) is 6.20 Å². The summed E-state index contributed by atoms with van der Waals surface area (Å²) in [6, 6.07) is 8.26. The summed E-state index contributed by atoms with van der Waals surface area (Å²) in [5, 5.41) is 11.4. The number of phenols is 1. The number of nitrogens with zero attached hydrogens (tertiary/aromatic N) is 2. The molecule has 1 aromatic carbocycles. The number of imide groups is 2. The SMILES string of the molecule is O=C1NC(=O)N(c2cccnc2)C(=O)/C1=C/c1ccc(O)cc1. The second kappa shape index (κ2) is 5.72. The average molecular weight is 309 g/mol. The van der Waals surface area contributed by atoms with E-state index in [9.17, 15) is 19.5 Å². The molecule has 3 rings (SSSR count). The predicted molar refractivity (Wildman–Crippen MR) is 81.3 cm³/mol. The zero-order chi connectivity index (χ0) is 16.4. The normalized spacial score (nSPS) is 16.6. The highest BCUT2D eigenvalue weighted by molar-refractivity contribution is 6.39. The first-order chi connectivity index (χ1) is 11.1. The maximum atomic E-state index is 12.5. The highest BCUT2D eigenvalue weighted by Gasteiger charge is 2.36. The molecule has 1 saturated heterocycles. The van der Waals surface area contributed by atoms with E-state index in [4.69, 9.17) is 0 Å². The number of carbonyl (C=O) groups is 3. The number of amides is 4. The smallest absolute Gasteiger partial charge is 0.336 e. The number of hydrogen-bond donors (Lipinski definition) is 2. The Balaban J connectivity index is 2.00. The second-order valence-corrected chi connectivity index (χ2v) is 4.76. The summed E-state index contributed by atoms with van der Waals surface area (Å²) < 4.78 is 0. The molecule has 0 saturated carbocycles. The molecule has 4 amide bonds. The molecule has 1 fully saturated rings. The molecule has 0 radical (unpaired) electrons. The monoisotopic (exact) mass is 309 g/mol. The van der Waals surface area contributed by atoms with Crippen LogP contribution in [0.3, 0.4) is 0 Å². The van der Waals surface area contributed by atoms with Gasteiger partial charge in [-0.25, -0.2) is 9.69 Å². The van der Waals surface area contributed by atoms with Crippen LogP contribution in [0.5, 0.6) is 5.75 Å². The first-order valence-corrected chi connectivity index (χ1v) is 6.67. The van der Waals surface area contributed by atoms with Crippen LogP contribution in [-0.4, -0.2) is 27.9 Å². The lowest BCUT2D eigenvalue weighted by Gasteiger charge is -2.25. The topological polar surface area (TPSA) is 99.6 Å². The highest BCUT2D eigenvalue weighted by Crippen LogP contribution is 2.21. The van der Waals surface area contributed by atoms with E-state index in [0.717, 1.165) is 4.90 Å². The fourth-order valence-electron chi connectivity index (χ4n) is 2.12. The van der Waals surface area contributed by atoms with Crippen molar-refractivity contribution in [2.24, 2.45) is 0 Å². The van der Waals surface area contributed by atoms with E-state index in [1.807, 2.05) is 0 Å². The predicted octanol–water partition coefficient (Wildman–Crippen LogP) is 1.45. The molecule has 0 bridgehead atoms. The van der Waals surface area contributed by atoms with E-state index in [1.54, 1.807) is 24.3 Å². The Kier molecular flexibility index (Phi) is 3.60. The van der Waals surface area contributed by atoms with Crippen LogP contribution in [0.2, 0.25) is 0 Å². The maximum Gasteiger partial charge on any atom is 0.336 e. The van der Waals surface area contributed by atoms with Crippen LogP contribution in [-0.2, 0) is 9.59 Å². The Morgan fingerprint density at radius 2 is 1.83 bits per heavy atom. The van der Waals surface area contributed by atoms with Gasteiger partial charge in [0.05, 0.1) is 11.9 Å². The van der Waals surface area contributed by atoms with E-state index in [-0.39, 0.29) is 17.0 Å². The molecule has 1 aromatic heterocycles. The molecule has 7 nitrogen and oxygen atoms in total. The number of benzene rings is 1. The van der Waals surface area contributed by atoms with Crippen molar-refractivity contribution in [1.29, 1.82) is 0 Å². The number of urea groups is 1. The van der Waals surface area contributed by atoms with Gasteiger partial charge in [-0.15, -0.1) is 0 Å². The molecule has 0 unspecified atom stereocenters. The third-order valence-electron chi connectivity index (χ3n) is 3.21.